The van der Waals surface area contributed by atoms with Crippen LogP contribution in [0.3, 0.4) is 0 Å². The monoisotopic (exact) mass is 432 g/mol. The Kier molecular flexibility index (Phi) is 7.32. The highest BCUT2D eigenvalue weighted by Gasteiger charge is 2.11. The fourth-order valence-electron chi connectivity index (χ4n) is 4.24. The third kappa shape index (κ3) is 5.82. The number of nitrogens with one attached hydrogen (secondary N) is 1. The lowest BCUT2D eigenvalue weighted by Gasteiger charge is -2.26. The van der Waals surface area contributed by atoms with E-state index in [1.807, 2.05) is 18.2 Å². The first-order valence-corrected chi connectivity index (χ1v) is 11.6. The summed E-state index contributed by atoms with van der Waals surface area (Å²) in [5.74, 6) is 1.16. The van der Waals surface area contributed by atoms with E-state index in [0.29, 0.717) is 18.2 Å². The molecule has 0 saturated carbocycles. The van der Waals surface area contributed by atoms with Crippen LogP contribution in [0.25, 0.3) is 22.6 Å². The zero-order chi connectivity index (χ0) is 22.3. The molecule has 0 spiro atoms. The van der Waals surface area contributed by atoms with Crippen LogP contribution in [0.4, 0.5) is 0 Å². The molecule has 0 aliphatic carbocycles. The van der Waals surface area contributed by atoms with Crippen molar-refractivity contribution in [3.8, 4) is 22.6 Å². The number of hydrogen-bond acceptors (Lipinski definition) is 5. The predicted octanol–water partition coefficient (Wildman–Crippen LogP) is 4.56. The molecular weight excluding hydrogens is 400 g/mol. The minimum atomic E-state index is 0.0846. The molecule has 6 heteroatoms. The first-order valence-electron chi connectivity index (χ1n) is 11.6. The number of aromatic nitrogens is 2. The molecule has 0 bridgehead atoms. The number of benzene rings is 2. The molecule has 168 valence electrons. The van der Waals surface area contributed by atoms with Gasteiger partial charge in [-0.05, 0) is 80.2 Å². The van der Waals surface area contributed by atoms with Gasteiger partial charge < -0.3 is 14.6 Å². The van der Waals surface area contributed by atoms with Crippen LogP contribution >= 0.6 is 0 Å². The molecule has 1 N–H and O–H groups in total. The van der Waals surface area contributed by atoms with Crippen molar-refractivity contribution in [2.75, 3.05) is 26.2 Å². The van der Waals surface area contributed by atoms with Gasteiger partial charge in [0.05, 0.1) is 6.42 Å². The topological polar surface area (TPSA) is 71.3 Å². The fraction of sp³-hybridized carbons (Fsp3) is 0.423. The van der Waals surface area contributed by atoms with E-state index in [4.69, 9.17) is 4.42 Å². The second-order valence-electron chi connectivity index (χ2n) is 8.64. The van der Waals surface area contributed by atoms with Gasteiger partial charge in [0.15, 0.2) is 0 Å². The van der Waals surface area contributed by atoms with Crippen molar-refractivity contribution in [3.63, 3.8) is 0 Å². The molecule has 1 saturated heterocycles. The summed E-state index contributed by atoms with van der Waals surface area (Å²) in [5.41, 5.74) is 5.31. The molecule has 4 rings (SSSR count). The molecule has 32 heavy (non-hydrogen) atoms. The quantitative estimate of drug-likeness (QED) is 0.529. The number of piperidine rings is 1. The maximum absolute atomic E-state index is 12.3. The first kappa shape index (κ1) is 22.2. The molecular formula is C26H32N4O2. The lowest BCUT2D eigenvalue weighted by Crippen LogP contribution is -2.33. The standard InChI is InChI=1S/C26H32N4O2/c1-19-7-10-23(26-29-28-20(2)32-26)18-24(19)22-11-8-21(9-12-22)17-25(31)27-13-6-16-30-14-4-3-5-15-30/h7-12,18H,3-6,13-17H2,1-2H3,(H,27,31). The van der Waals surface area contributed by atoms with Gasteiger partial charge in [-0.25, -0.2) is 0 Å². The highest BCUT2D eigenvalue weighted by molar-refractivity contribution is 5.79. The molecule has 1 fully saturated rings. The van der Waals surface area contributed by atoms with Crippen molar-refractivity contribution in [1.29, 1.82) is 0 Å². The van der Waals surface area contributed by atoms with Crippen LogP contribution in [0.1, 0.15) is 42.7 Å². The molecule has 0 unspecified atom stereocenters. The van der Waals surface area contributed by atoms with Gasteiger partial charge in [0, 0.05) is 19.0 Å². The van der Waals surface area contributed by atoms with Crippen molar-refractivity contribution in [3.05, 3.63) is 59.5 Å². The fourth-order valence-corrected chi connectivity index (χ4v) is 4.24. The minimum Gasteiger partial charge on any atom is -0.421 e. The van der Waals surface area contributed by atoms with Crippen molar-refractivity contribution < 1.29 is 9.21 Å². The van der Waals surface area contributed by atoms with E-state index >= 15 is 0 Å². The number of carbonyl (C=O) groups excluding carboxylic acids is 1. The van der Waals surface area contributed by atoms with E-state index in [0.717, 1.165) is 41.8 Å². The molecule has 1 aromatic heterocycles. The van der Waals surface area contributed by atoms with Gasteiger partial charge in [-0.1, -0.05) is 36.8 Å². The number of aryl methyl sites for hydroxylation is 2. The Labute approximate surface area is 190 Å². The lowest BCUT2D eigenvalue weighted by atomic mass is 9.96. The number of nitrogens with zero attached hydrogens (tertiary/aromatic N) is 3. The van der Waals surface area contributed by atoms with Gasteiger partial charge in [-0.2, -0.15) is 0 Å². The number of likely N-dealkylation sites (tertiary alicyclic amines) is 1. The summed E-state index contributed by atoms with van der Waals surface area (Å²) in [4.78, 5) is 14.8. The van der Waals surface area contributed by atoms with E-state index in [1.54, 1.807) is 6.92 Å². The van der Waals surface area contributed by atoms with E-state index in [2.05, 4.69) is 51.6 Å². The summed E-state index contributed by atoms with van der Waals surface area (Å²) in [6.45, 7) is 8.11. The van der Waals surface area contributed by atoms with Gasteiger partial charge in [0.25, 0.3) is 0 Å². The number of carbonyl (C=O) groups is 1. The molecule has 6 nitrogen and oxygen atoms in total. The van der Waals surface area contributed by atoms with E-state index in [1.165, 1.54) is 37.9 Å². The third-order valence-corrected chi connectivity index (χ3v) is 6.06. The Morgan fingerprint density at radius 3 is 2.47 bits per heavy atom. The maximum atomic E-state index is 12.3. The van der Waals surface area contributed by atoms with Gasteiger partial charge in [0.1, 0.15) is 0 Å². The number of rotatable bonds is 8. The largest absolute Gasteiger partial charge is 0.421 e. The maximum Gasteiger partial charge on any atom is 0.247 e. The van der Waals surface area contributed by atoms with Gasteiger partial charge in [0.2, 0.25) is 17.7 Å². The van der Waals surface area contributed by atoms with Crippen molar-refractivity contribution in [2.45, 2.75) is 46.0 Å². The van der Waals surface area contributed by atoms with Crippen LogP contribution in [0, 0.1) is 13.8 Å². The molecule has 1 aliphatic rings. The summed E-state index contributed by atoms with van der Waals surface area (Å²) in [7, 11) is 0. The number of hydrogen-bond donors (Lipinski definition) is 1. The number of amides is 1. The van der Waals surface area contributed by atoms with Crippen molar-refractivity contribution in [1.82, 2.24) is 20.4 Å². The molecule has 0 radical (unpaired) electrons. The Morgan fingerprint density at radius 2 is 1.75 bits per heavy atom. The van der Waals surface area contributed by atoms with Crippen LogP contribution in [0.15, 0.2) is 46.9 Å². The summed E-state index contributed by atoms with van der Waals surface area (Å²) < 4.78 is 5.57. The third-order valence-electron chi connectivity index (χ3n) is 6.06. The molecule has 1 aliphatic heterocycles. The van der Waals surface area contributed by atoms with Crippen LogP contribution < -0.4 is 5.32 Å². The minimum absolute atomic E-state index is 0.0846. The molecule has 3 aromatic rings. The summed E-state index contributed by atoms with van der Waals surface area (Å²) in [6, 6.07) is 14.4. The van der Waals surface area contributed by atoms with E-state index < -0.39 is 0 Å². The zero-order valence-corrected chi connectivity index (χ0v) is 19.1. The van der Waals surface area contributed by atoms with Gasteiger partial charge in [-0.3, -0.25) is 4.79 Å². The van der Waals surface area contributed by atoms with E-state index in [9.17, 15) is 4.79 Å². The predicted molar refractivity (Wildman–Crippen MR) is 126 cm³/mol. The molecule has 2 aromatic carbocycles. The summed E-state index contributed by atoms with van der Waals surface area (Å²) >= 11 is 0. The molecule has 2 heterocycles. The normalized spacial score (nSPS) is 14.4. The SMILES string of the molecule is Cc1nnc(-c2ccc(C)c(-c3ccc(CC(=O)NCCCN4CCCCC4)cc3)c2)o1. The lowest BCUT2D eigenvalue weighted by molar-refractivity contribution is -0.120. The van der Waals surface area contributed by atoms with Gasteiger partial charge in [-0.15, -0.1) is 10.2 Å². The average Bonchev–Trinajstić information content (AvgIpc) is 3.25. The smallest absolute Gasteiger partial charge is 0.247 e. The molecule has 0 atom stereocenters. The van der Waals surface area contributed by atoms with E-state index in [-0.39, 0.29) is 5.91 Å². The van der Waals surface area contributed by atoms with Crippen molar-refractivity contribution >= 4 is 5.91 Å². The first-order chi connectivity index (χ1) is 15.6. The molecule has 1 amide bonds. The second kappa shape index (κ2) is 10.6. The Balaban J connectivity index is 1.31. The second-order valence-corrected chi connectivity index (χ2v) is 8.64. The Morgan fingerprint density at radius 1 is 1.00 bits per heavy atom. The zero-order valence-electron chi connectivity index (χ0n) is 19.1. The Hall–Kier alpha value is -2.99. The van der Waals surface area contributed by atoms with Crippen molar-refractivity contribution in [2.24, 2.45) is 0 Å². The van der Waals surface area contributed by atoms with Crippen LogP contribution in [0.2, 0.25) is 0 Å². The van der Waals surface area contributed by atoms with Crippen LogP contribution in [-0.4, -0.2) is 47.2 Å². The van der Waals surface area contributed by atoms with Crippen LogP contribution in [-0.2, 0) is 11.2 Å². The summed E-state index contributed by atoms with van der Waals surface area (Å²) in [5, 5.41) is 11.1. The van der Waals surface area contributed by atoms with Crippen LogP contribution in [0.5, 0.6) is 0 Å². The average molecular weight is 433 g/mol. The van der Waals surface area contributed by atoms with Gasteiger partial charge >= 0.3 is 0 Å². The highest BCUT2D eigenvalue weighted by atomic mass is 16.4. The highest BCUT2D eigenvalue weighted by Crippen LogP contribution is 2.29. The Bertz CT molecular complexity index is 1040. The summed E-state index contributed by atoms with van der Waals surface area (Å²) in [6.07, 6.45) is 5.39.